The van der Waals surface area contributed by atoms with Gasteiger partial charge in [0.1, 0.15) is 11.3 Å². The van der Waals surface area contributed by atoms with Crippen LogP contribution >= 0.6 is 7.60 Å². The lowest BCUT2D eigenvalue weighted by Crippen LogP contribution is -2.49. The second-order valence-corrected chi connectivity index (χ2v) is 11.3. The molecule has 0 bridgehead atoms. The number of alkyl halides is 3. The molecule has 0 amide bonds. The highest BCUT2D eigenvalue weighted by atomic mass is 31.2. The van der Waals surface area contributed by atoms with Gasteiger partial charge < -0.3 is 25.8 Å². The lowest BCUT2D eigenvalue weighted by atomic mass is 9.90. The monoisotopic (exact) mass is 531 g/mol. The van der Waals surface area contributed by atoms with Crippen molar-refractivity contribution in [2.24, 2.45) is 5.92 Å². The maximum atomic E-state index is 13.9. The first-order valence-corrected chi connectivity index (χ1v) is 13.0. The molecule has 198 valence electrons. The van der Waals surface area contributed by atoms with Crippen LogP contribution in [-0.4, -0.2) is 39.8 Å². The minimum absolute atomic E-state index is 0.0567. The van der Waals surface area contributed by atoms with Crippen LogP contribution in [0.5, 0.6) is 5.75 Å². The van der Waals surface area contributed by atoms with E-state index in [9.17, 15) is 33.1 Å². The lowest BCUT2D eigenvalue weighted by Gasteiger charge is -2.29. The number of hydrogen-bond donors (Lipinski definition) is 4. The van der Waals surface area contributed by atoms with E-state index in [0.29, 0.717) is 12.8 Å². The molecule has 2 aromatic carbocycles. The van der Waals surface area contributed by atoms with E-state index in [2.05, 4.69) is 0 Å². The first kappa shape index (κ1) is 26.9. The predicted molar refractivity (Wildman–Crippen MR) is 124 cm³/mol. The van der Waals surface area contributed by atoms with Gasteiger partial charge in [-0.25, -0.2) is 0 Å². The molecule has 1 atom stereocenters. The fourth-order valence-corrected chi connectivity index (χ4v) is 6.42. The van der Waals surface area contributed by atoms with E-state index in [1.807, 2.05) is 32.0 Å². The molecule has 36 heavy (non-hydrogen) atoms. The summed E-state index contributed by atoms with van der Waals surface area (Å²) in [5, 5.41) is 30.3. The van der Waals surface area contributed by atoms with Crippen LogP contribution in [-0.2, 0) is 32.6 Å². The van der Waals surface area contributed by atoms with Gasteiger partial charge in [0.15, 0.2) is 0 Å². The zero-order valence-corrected chi connectivity index (χ0v) is 20.7. The molecular formula is C24H29F3NO7P. The number of aliphatic hydroxyl groups excluding tert-OH is 1. The summed E-state index contributed by atoms with van der Waals surface area (Å²) in [5.74, 6) is -4.46. The summed E-state index contributed by atoms with van der Waals surface area (Å²) in [7, 11) is -3.52. The summed E-state index contributed by atoms with van der Waals surface area (Å²) in [6.07, 6.45) is -3.95. The third-order valence-electron chi connectivity index (χ3n) is 6.53. The summed E-state index contributed by atoms with van der Waals surface area (Å²) in [4.78, 5) is 0. The molecule has 2 fully saturated rings. The maximum absolute atomic E-state index is 13.9. The van der Waals surface area contributed by atoms with E-state index < -0.39 is 48.9 Å². The van der Waals surface area contributed by atoms with Crippen molar-refractivity contribution in [3.05, 3.63) is 58.1 Å². The zero-order valence-electron chi connectivity index (χ0n) is 19.8. The van der Waals surface area contributed by atoms with Crippen LogP contribution in [0.3, 0.4) is 0 Å². The zero-order chi connectivity index (χ0) is 26.5. The highest BCUT2D eigenvalue weighted by Crippen LogP contribution is 3.00. The quantitative estimate of drug-likeness (QED) is 0.112. The minimum atomic E-state index is -4.79. The Morgan fingerprint density at radius 1 is 1.11 bits per heavy atom. The van der Waals surface area contributed by atoms with Crippen molar-refractivity contribution in [1.29, 1.82) is 0 Å². The van der Waals surface area contributed by atoms with E-state index in [1.54, 1.807) is 0 Å². The Hall–Kier alpha value is -2.14. The van der Waals surface area contributed by atoms with Crippen molar-refractivity contribution in [3.63, 3.8) is 0 Å². The SMILES string of the molecule is Cc1cc(C)cc(CCCOc2ccc(CCC(CO)C(O)(O)C34OP3(=O)O4)c(N)c2C(F)(F)F)c1. The molecule has 0 radical (unpaired) electrons. The topological polar surface area (TPSA) is 138 Å². The summed E-state index contributed by atoms with van der Waals surface area (Å²) in [6.45, 7) is 3.26. The molecule has 5 N–H and O–H groups in total. The van der Waals surface area contributed by atoms with Crippen molar-refractivity contribution in [2.75, 3.05) is 18.9 Å². The van der Waals surface area contributed by atoms with Gasteiger partial charge in [-0.15, -0.1) is 0 Å². The number of nitrogens with two attached hydrogens (primary N) is 1. The average Bonchev–Trinajstić information content (AvgIpc) is 3.57. The summed E-state index contributed by atoms with van der Waals surface area (Å²) < 4.78 is 68.2. The number of aryl methyl sites for hydroxylation is 4. The van der Waals surface area contributed by atoms with E-state index in [1.165, 1.54) is 12.1 Å². The van der Waals surface area contributed by atoms with Crippen LogP contribution in [0.1, 0.15) is 40.7 Å². The number of hydrogen-bond acceptors (Lipinski definition) is 8. The second kappa shape index (κ2) is 9.31. The van der Waals surface area contributed by atoms with Gasteiger partial charge in [0.25, 0.3) is 0 Å². The van der Waals surface area contributed by atoms with Gasteiger partial charge in [0.2, 0.25) is 5.79 Å². The van der Waals surface area contributed by atoms with E-state index >= 15 is 0 Å². The van der Waals surface area contributed by atoms with Crippen LogP contribution in [0, 0.1) is 19.8 Å². The number of nitrogen functional groups attached to an aromatic ring is 1. The summed E-state index contributed by atoms with van der Waals surface area (Å²) in [6, 6.07) is 8.65. The van der Waals surface area contributed by atoms with Crippen molar-refractivity contribution < 1.29 is 46.8 Å². The minimum Gasteiger partial charge on any atom is -0.493 e. The second-order valence-electron chi connectivity index (χ2n) is 9.36. The van der Waals surface area contributed by atoms with Gasteiger partial charge in [-0.05, 0) is 56.7 Å². The molecule has 8 nitrogen and oxygen atoms in total. The van der Waals surface area contributed by atoms with Gasteiger partial charge in [0, 0.05) is 5.92 Å². The summed E-state index contributed by atoms with van der Waals surface area (Å²) in [5.41, 5.74) is 5.57. The van der Waals surface area contributed by atoms with Crippen LogP contribution in [0.2, 0.25) is 0 Å². The molecule has 2 aliphatic rings. The van der Waals surface area contributed by atoms with E-state index in [-0.39, 0.29) is 30.8 Å². The molecule has 12 heteroatoms. The molecule has 0 aromatic heterocycles. The molecule has 2 aliphatic heterocycles. The summed E-state index contributed by atoms with van der Waals surface area (Å²) >= 11 is 0. The van der Waals surface area contributed by atoms with E-state index in [4.69, 9.17) is 19.5 Å². The van der Waals surface area contributed by atoms with Crippen LogP contribution in [0.15, 0.2) is 30.3 Å². The molecule has 0 saturated carbocycles. The molecule has 0 aliphatic carbocycles. The van der Waals surface area contributed by atoms with Crippen molar-refractivity contribution in [1.82, 2.24) is 0 Å². The number of halogens is 3. The molecule has 1 unspecified atom stereocenters. The molecule has 4 rings (SSSR count). The first-order chi connectivity index (χ1) is 16.7. The average molecular weight is 531 g/mol. The first-order valence-electron chi connectivity index (χ1n) is 11.5. The molecule has 2 saturated heterocycles. The number of fused-ring (bicyclic) bond motifs is 1. The number of benzene rings is 2. The van der Waals surface area contributed by atoms with Gasteiger partial charge in [-0.1, -0.05) is 35.4 Å². The lowest BCUT2D eigenvalue weighted by molar-refractivity contribution is -0.282. The van der Waals surface area contributed by atoms with Gasteiger partial charge in [-0.2, -0.15) is 13.2 Å². The standard InChI is InChI=1S/C24H29F3NO7P/c1-14-10-15(2)12-16(11-14)4-3-9-33-19-8-6-17(21(28)20(19)23(25,26)27)5-7-18(13-29)22(30,31)24-34-36(24,32)35-24/h6,8,10-12,18,29-31H,3-5,7,9,13,28H2,1-2H3. The van der Waals surface area contributed by atoms with Crippen molar-refractivity contribution >= 4 is 13.3 Å². The third kappa shape index (κ3) is 4.88. The van der Waals surface area contributed by atoms with Crippen molar-refractivity contribution in [3.8, 4) is 5.75 Å². The Labute approximate surface area is 206 Å². The Kier molecular flexibility index (Phi) is 6.96. The smallest absolute Gasteiger partial charge is 0.421 e. The Morgan fingerprint density at radius 3 is 2.25 bits per heavy atom. The number of aliphatic hydroxyl groups is 3. The normalized spacial score (nSPS) is 23.8. The van der Waals surface area contributed by atoms with Crippen molar-refractivity contribution in [2.45, 2.75) is 57.0 Å². The van der Waals surface area contributed by atoms with Gasteiger partial charge in [-0.3, -0.25) is 13.6 Å². The molecule has 0 spiro atoms. The third-order valence-corrected chi connectivity index (χ3v) is 8.43. The highest BCUT2D eigenvalue weighted by molar-refractivity contribution is 7.68. The number of rotatable bonds is 11. The van der Waals surface area contributed by atoms with Gasteiger partial charge in [0.05, 0.1) is 18.9 Å². The largest absolute Gasteiger partial charge is 0.493 e. The predicted octanol–water partition coefficient (Wildman–Crippen LogP) is 4.05. The maximum Gasteiger partial charge on any atom is 0.421 e. The molecule has 2 aromatic rings. The van der Waals surface area contributed by atoms with E-state index in [0.717, 1.165) is 16.7 Å². The Bertz CT molecular complexity index is 1170. The highest BCUT2D eigenvalue weighted by Gasteiger charge is 2.99. The van der Waals surface area contributed by atoms with Crippen LogP contribution in [0.4, 0.5) is 18.9 Å². The van der Waals surface area contributed by atoms with Crippen LogP contribution in [0.25, 0.3) is 0 Å². The number of ether oxygens (including phenoxy) is 1. The van der Waals surface area contributed by atoms with Crippen LogP contribution < -0.4 is 10.5 Å². The fourth-order valence-electron chi connectivity index (χ4n) is 4.58. The molecular weight excluding hydrogens is 502 g/mol. The number of anilines is 1. The molecule has 2 heterocycles. The Morgan fingerprint density at radius 2 is 1.72 bits per heavy atom. The van der Waals surface area contributed by atoms with Gasteiger partial charge >= 0.3 is 19.3 Å². The Balaban J connectivity index is 1.43. The fraction of sp³-hybridized carbons (Fsp3) is 0.500.